The summed E-state index contributed by atoms with van der Waals surface area (Å²) in [5, 5.41) is 2.46. The molecular weight excluding hydrogens is 537 g/mol. The molecule has 5 nitrogen and oxygen atoms in total. The molecule has 2 heterocycles. The Balaban J connectivity index is 1.44. The van der Waals surface area contributed by atoms with Crippen LogP contribution in [-0.2, 0) is 10.0 Å². The van der Waals surface area contributed by atoms with Crippen LogP contribution < -0.4 is 0 Å². The SMILES string of the molecule is C=CS(=O)(=O)N1CCC(n2c(C3CC3)nc3ccc(C(c4ccc(Cl)cc4)c4ccc(Cl)cc4)cc32)CC1. The van der Waals surface area contributed by atoms with E-state index >= 15 is 0 Å². The Morgan fingerprint density at radius 2 is 1.39 bits per heavy atom. The quantitative estimate of drug-likeness (QED) is 0.218. The summed E-state index contributed by atoms with van der Waals surface area (Å²) in [5.74, 6) is 1.61. The van der Waals surface area contributed by atoms with Crippen molar-refractivity contribution in [3.63, 3.8) is 0 Å². The zero-order chi connectivity index (χ0) is 26.4. The summed E-state index contributed by atoms with van der Waals surface area (Å²) in [5.41, 5.74) is 5.56. The van der Waals surface area contributed by atoms with Gasteiger partial charge >= 0.3 is 0 Å². The second kappa shape index (κ2) is 10.2. The maximum Gasteiger partial charge on any atom is 0.235 e. The average Bonchev–Trinajstić information content (AvgIpc) is 3.71. The molecule has 8 heteroatoms. The summed E-state index contributed by atoms with van der Waals surface area (Å²) >= 11 is 12.4. The Labute approximate surface area is 233 Å². The van der Waals surface area contributed by atoms with Gasteiger partial charge < -0.3 is 4.57 Å². The van der Waals surface area contributed by atoms with E-state index in [1.807, 2.05) is 24.3 Å². The number of rotatable bonds is 7. The van der Waals surface area contributed by atoms with Crippen molar-refractivity contribution < 1.29 is 8.42 Å². The average molecular weight is 567 g/mol. The molecule has 1 aromatic heterocycles. The van der Waals surface area contributed by atoms with Gasteiger partial charge in [-0.25, -0.2) is 13.4 Å². The Hall–Kier alpha value is -2.64. The van der Waals surface area contributed by atoms with E-state index in [1.165, 1.54) is 4.31 Å². The van der Waals surface area contributed by atoms with E-state index in [4.69, 9.17) is 28.2 Å². The van der Waals surface area contributed by atoms with Crippen molar-refractivity contribution in [3.05, 3.63) is 111 Å². The molecule has 0 spiro atoms. The molecule has 0 amide bonds. The molecule has 3 aromatic carbocycles. The van der Waals surface area contributed by atoms with Gasteiger partial charge in [0.15, 0.2) is 0 Å². The first-order valence-corrected chi connectivity index (χ1v) is 15.3. The topological polar surface area (TPSA) is 55.2 Å². The predicted molar refractivity (Wildman–Crippen MR) is 155 cm³/mol. The summed E-state index contributed by atoms with van der Waals surface area (Å²) in [6, 6.07) is 22.8. The number of sulfonamides is 1. The minimum Gasteiger partial charge on any atom is -0.325 e. The molecule has 1 aliphatic heterocycles. The molecule has 1 saturated carbocycles. The summed E-state index contributed by atoms with van der Waals surface area (Å²) in [6.07, 6.45) is 3.80. The normalized spacial score (nSPS) is 17.3. The van der Waals surface area contributed by atoms with Crippen LogP contribution in [0.2, 0.25) is 10.0 Å². The van der Waals surface area contributed by atoms with E-state index in [0.29, 0.717) is 29.1 Å². The van der Waals surface area contributed by atoms with E-state index in [-0.39, 0.29) is 12.0 Å². The minimum atomic E-state index is -3.40. The number of piperidine rings is 1. The lowest BCUT2D eigenvalue weighted by atomic mass is 9.85. The number of imidazole rings is 1. The molecule has 1 aliphatic carbocycles. The highest BCUT2D eigenvalue weighted by Gasteiger charge is 2.34. The van der Waals surface area contributed by atoms with Crippen molar-refractivity contribution in [3.8, 4) is 0 Å². The fourth-order valence-corrected chi connectivity index (χ4v) is 6.85. The van der Waals surface area contributed by atoms with Gasteiger partial charge in [0.05, 0.1) is 11.0 Å². The van der Waals surface area contributed by atoms with E-state index < -0.39 is 10.0 Å². The van der Waals surface area contributed by atoms with Crippen LogP contribution in [0.4, 0.5) is 0 Å². The fourth-order valence-electron chi connectivity index (χ4n) is 5.67. The van der Waals surface area contributed by atoms with E-state index in [1.54, 1.807) is 0 Å². The smallest absolute Gasteiger partial charge is 0.235 e. The van der Waals surface area contributed by atoms with Crippen molar-refractivity contribution >= 4 is 44.3 Å². The third kappa shape index (κ3) is 4.91. The Morgan fingerprint density at radius 1 is 0.842 bits per heavy atom. The number of hydrogen-bond acceptors (Lipinski definition) is 3. The molecule has 4 aromatic rings. The Kier molecular flexibility index (Phi) is 6.85. The molecule has 0 radical (unpaired) electrons. The first-order valence-electron chi connectivity index (χ1n) is 13.0. The highest BCUT2D eigenvalue weighted by molar-refractivity contribution is 7.92. The predicted octanol–water partition coefficient (Wildman–Crippen LogP) is 7.51. The van der Waals surface area contributed by atoms with Crippen LogP contribution in [0.5, 0.6) is 0 Å². The van der Waals surface area contributed by atoms with Gasteiger partial charge in [0.25, 0.3) is 0 Å². The number of benzene rings is 3. The summed E-state index contributed by atoms with van der Waals surface area (Å²) in [4.78, 5) is 5.08. The molecule has 6 rings (SSSR count). The molecule has 196 valence electrons. The van der Waals surface area contributed by atoms with Gasteiger partial charge in [-0.05, 0) is 78.8 Å². The van der Waals surface area contributed by atoms with Crippen LogP contribution in [-0.4, -0.2) is 35.4 Å². The van der Waals surface area contributed by atoms with Crippen LogP contribution >= 0.6 is 23.2 Å². The lowest BCUT2D eigenvalue weighted by Gasteiger charge is -2.32. The van der Waals surface area contributed by atoms with Crippen LogP contribution in [0.15, 0.2) is 78.7 Å². The second-order valence-electron chi connectivity index (χ2n) is 10.2. The number of nitrogens with zero attached hydrogens (tertiary/aromatic N) is 3. The second-order valence-corrected chi connectivity index (χ2v) is 13.0. The summed E-state index contributed by atoms with van der Waals surface area (Å²) < 4.78 is 28.6. The van der Waals surface area contributed by atoms with Crippen LogP contribution in [0, 0.1) is 0 Å². The molecule has 0 bridgehead atoms. The number of halogens is 2. The van der Waals surface area contributed by atoms with Crippen molar-refractivity contribution in [2.45, 2.75) is 43.6 Å². The maximum atomic E-state index is 12.3. The van der Waals surface area contributed by atoms with Crippen molar-refractivity contribution in [2.24, 2.45) is 0 Å². The van der Waals surface area contributed by atoms with Crippen LogP contribution in [0.3, 0.4) is 0 Å². The maximum absolute atomic E-state index is 12.3. The summed E-state index contributed by atoms with van der Waals surface area (Å²) in [7, 11) is -3.40. The number of fused-ring (bicyclic) bond motifs is 1. The van der Waals surface area contributed by atoms with E-state index in [2.05, 4.69) is 53.6 Å². The molecule has 2 fully saturated rings. The molecule has 0 unspecified atom stereocenters. The van der Waals surface area contributed by atoms with Gasteiger partial charge in [-0.2, -0.15) is 4.31 Å². The summed E-state index contributed by atoms with van der Waals surface area (Å²) in [6.45, 7) is 4.46. The van der Waals surface area contributed by atoms with Gasteiger partial charge in [-0.15, -0.1) is 0 Å². The lowest BCUT2D eigenvalue weighted by Crippen LogP contribution is -2.38. The lowest BCUT2D eigenvalue weighted by molar-refractivity contribution is 0.276. The van der Waals surface area contributed by atoms with Crippen LogP contribution in [0.1, 0.15) is 66.1 Å². The standard InChI is InChI=1S/C30H29Cl2N3O2S/c1-2-38(36,37)34-17-15-26(16-18-34)35-28-19-23(9-14-27(28)33-30(35)22-3-4-22)29(20-5-10-24(31)11-6-20)21-7-12-25(32)13-8-21/h2,5-14,19,22,26,29H,1,3-4,15-18H2. The number of aromatic nitrogens is 2. The third-order valence-corrected chi connectivity index (χ3v) is 9.79. The number of hydrogen-bond donors (Lipinski definition) is 0. The zero-order valence-electron chi connectivity index (χ0n) is 20.9. The first kappa shape index (κ1) is 25.6. The van der Waals surface area contributed by atoms with Crippen LogP contribution in [0.25, 0.3) is 11.0 Å². The molecule has 1 saturated heterocycles. The van der Waals surface area contributed by atoms with E-state index in [0.717, 1.165) is 64.6 Å². The highest BCUT2D eigenvalue weighted by Crippen LogP contribution is 2.44. The van der Waals surface area contributed by atoms with Gasteiger partial charge in [-0.1, -0.05) is 60.1 Å². The van der Waals surface area contributed by atoms with Gasteiger partial charge in [0.1, 0.15) is 5.82 Å². The fraction of sp³-hybridized carbons (Fsp3) is 0.300. The van der Waals surface area contributed by atoms with Gasteiger partial charge in [0, 0.05) is 46.4 Å². The van der Waals surface area contributed by atoms with Crippen molar-refractivity contribution in [1.82, 2.24) is 13.9 Å². The Morgan fingerprint density at radius 3 is 1.92 bits per heavy atom. The molecule has 2 aliphatic rings. The highest BCUT2D eigenvalue weighted by atomic mass is 35.5. The van der Waals surface area contributed by atoms with Crippen molar-refractivity contribution in [2.75, 3.05) is 13.1 Å². The Bertz CT molecular complexity index is 1540. The largest absolute Gasteiger partial charge is 0.325 e. The molecule has 0 N–H and O–H groups in total. The van der Waals surface area contributed by atoms with E-state index in [9.17, 15) is 8.42 Å². The monoisotopic (exact) mass is 565 g/mol. The zero-order valence-corrected chi connectivity index (χ0v) is 23.3. The molecular formula is C30H29Cl2N3O2S. The molecule has 38 heavy (non-hydrogen) atoms. The van der Waals surface area contributed by atoms with Crippen molar-refractivity contribution in [1.29, 1.82) is 0 Å². The molecule has 0 atom stereocenters. The van der Waals surface area contributed by atoms with Gasteiger partial charge in [0.2, 0.25) is 10.0 Å². The minimum absolute atomic E-state index is 0.00115. The van der Waals surface area contributed by atoms with Gasteiger partial charge in [-0.3, -0.25) is 0 Å². The third-order valence-electron chi connectivity index (χ3n) is 7.78. The first-order chi connectivity index (χ1) is 18.3.